The number of aromatic nitrogens is 1. The lowest BCUT2D eigenvalue weighted by Crippen LogP contribution is -2.53. The van der Waals surface area contributed by atoms with Gasteiger partial charge in [-0.2, -0.15) is 0 Å². The van der Waals surface area contributed by atoms with Gasteiger partial charge < -0.3 is 14.9 Å². The van der Waals surface area contributed by atoms with E-state index in [1.807, 2.05) is 13.8 Å². The third-order valence-electron chi connectivity index (χ3n) is 4.97. The van der Waals surface area contributed by atoms with Crippen molar-refractivity contribution in [3.63, 3.8) is 0 Å². The molecule has 1 amide bonds. The highest BCUT2D eigenvalue weighted by Gasteiger charge is 2.30. The number of nitrogens with zero attached hydrogens (tertiary/aromatic N) is 2. The topological polar surface area (TPSA) is 78.6 Å². The summed E-state index contributed by atoms with van der Waals surface area (Å²) < 4.78 is 18.5. The van der Waals surface area contributed by atoms with Crippen molar-refractivity contribution in [1.29, 1.82) is 0 Å². The molecule has 7 heteroatoms. The Morgan fingerprint density at radius 2 is 2.19 bits per heavy atom. The lowest BCUT2D eigenvalue weighted by Gasteiger charge is -2.36. The number of nitrogens with one attached hydrogen (secondary N) is 1. The molecule has 140 valence electrons. The first-order valence-corrected chi connectivity index (χ1v) is 8.74. The van der Waals surface area contributed by atoms with Gasteiger partial charge in [0.15, 0.2) is 0 Å². The van der Waals surface area contributed by atoms with Gasteiger partial charge in [-0.3, -0.25) is 9.69 Å². The van der Waals surface area contributed by atoms with E-state index in [0.717, 1.165) is 23.6 Å². The Bertz CT molecular complexity index is 786. The molecule has 1 aliphatic rings. The molecule has 0 radical (unpaired) electrons. The molecule has 2 heterocycles. The molecule has 6 nitrogen and oxygen atoms in total. The van der Waals surface area contributed by atoms with Crippen molar-refractivity contribution in [2.75, 3.05) is 13.1 Å². The summed E-state index contributed by atoms with van der Waals surface area (Å²) in [5, 5.41) is 17.3. The molecule has 1 aliphatic heterocycles. The number of rotatable bonds is 4. The molecule has 26 heavy (non-hydrogen) atoms. The quantitative estimate of drug-likeness (QED) is 0.872. The zero-order chi connectivity index (χ0) is 18.8. The van der Waals surface area contributed by atoms with Gasteiger partial charge in [0.2, 0.25) is 0 Å². The van der Waals surface area contributed by atoms with E-state index in [1.54, 1.807) is 6.92 Å². The molecule has 1 aromatic heterocycles. The van der Waals surface area contributed by atoms with Gasteiger partial charge in [0.05, 0.1) is 17.8 Å². The summed E-state index contributed by atoms with van der Waals surface area (Å²) in [6.45, 7) is 7.26. The normalized spacial score (nSPS) is 21.0. The zero-order valence-corrected chi connectivity index (χ0v) is 15.3. The Morgan fingerprint density at radius 1 is 1.42 bits per heavy atom. The van der Waals surface area contributed by atoms with Crippen LogP contribution in [-0.4, -0.2) is 46.3 Å². The number of halogens is 1. The van der Waals surface area contributed by atoms with Crippen LogP contribution in [0.3, 0.4) is 0 Å². The highest BCUT2D eigenvalue weighted by Crippen LogP contribution is 2.19. The van der Waals surface area contributed by atoms with Crippen LogP contribution in [0.4, 0.5) is 4.39 Å². The number of piperidine rings is 1. The van der Waals surface area contributed by atoms with Crippen LogP contribution >= 0.6 is 0 Å². The van der Waals surface area contributed by atoms with Crippen molar-refractivity contribution < 1.29 is 18.8 Å². The van der Waals surface area contributed by atoms with Gasteiger partial charge in [0.25, 0.3) is 5.91 Å². The minimum atomic E-state index is -0.672. The molecule has 0 aliphatic carbocycles. The Morgan fingerprint density at radius 3 is 2.81 bits per heavy atom. The number of carbonyl (C=O) groups excluding carboxylic acids is 1. The first-order chi connectivity index (χ1) is 12.3. The molecule has 2 N–H and O–H groups in total. The van der Waals surface area contributed by atoms with Gasteiger partial charge in [-0.25, -0.2) is 4.39 Å². The van der Waals surface area contributed by atoms with Crippen molar-refractivity contribution in [2.24, 2.45) is 0 Å². The second-order valence-electron chi connectivity index (χ2n) is 6.94. The molecule has 0 saturated carbocycles. The number of aryl methyl sites for hydroxylation is 3. The molecule has 2 atom stereocenters. The first kappa shape index (κ1) is 18.5. The largest absolute Gasteiger partial charge is 0.390 e. The number of likely N-dealkylation sites (tertiary alicyclic amines) is 1. The van der Waals surface area contributed by atoms with Crippen LogP contribution in [0, 0.1) is 26.6 Å². The van der Waals surface area contributed by atoms with E-state index >= 15 is 0 Å². The van der Waals surface area contributed by atoms with Gasteiger partial charge in [-0.05, 0) is 51.0 Å². The number of hydrogen-bond acceptors (Lipinski definition) is 5. The predicted molar refractivity (Wildman–Crippen MR) is 94.3 cm³/mol. The van der Waals surface area contributed by atoms with E-state index < -0.39 is 6.10 Å². The number of amides is 1. The first-order valence-electron chi connectivity index (χ1n) is 8.74. The maximum atomic E-state index is 13.3. The Kier molecular flexibility index (Phi) is 5.38. The van der Waals surface area contributed by atoms with Crippen LogP contribution in [0.5, 0.6) is 0 Å². The number of aliphatic hydroxyl groups excluding tert-OH is 1. The van der Waals surface area contributed by atoms with E-state index in [2.05, 4.69) is 15.4 Å². The number of β-amino-alcohol motifs (C(OH)–C–C–N with tert-alkyl or cyclic N) is 1. The van der Waals surface area contributed by atoms with E-state index in [9.17, 15) is 14.3 Å². The standard InChI is InChI=1S/C19H24FN3O3/c1-11-8-14(4-5-16(11)20)19(25)21-17-6-7-23(10-18(17)24)9-15-12(2)22-26-13(15)3/h4-5,8,17-18,24H,6-7,9-10H2,1-3H3,(H,21,25)/t17-,18-/m1/s1. The third-order valence-corrected chi connectivity index (χ3v) is 4.97. The molecule has 2 aromatic rings. The lowest BCUT2D eigenvalue weighted by atomic mass is 10.00. The second-order valence-corrected chi connectivity index (χ2v) is 6.94. The van der Waals surface area contributed by atoms with Crippen LogP contribution in [0.25, 0.3) is 0 Å². The van der Waals surface area contributed by atoms with Crippen LogP contribution in [0.1, 0.15) is 39.4 Å². The van der Waals surface area contributed by atoms with Crippen LogP contribution in [0.2, 0.25) is 0 Å². The SMILES string of the molecule is Cc1cc(C(=O)N[C@@H]2CCN(Cc3c(C)noc3C)C[C@H]2O)ccc1F. The van der Waals surface area contributed by atoms with E-state index in [-0.39, 0.29) is 17.8 Å². The Balaban J connectivity index is 1.58. The lowest BCUT2D eigenvalue weighted by molar-refractivity contribution is 0.0347. The Hall–Kier alpha value is -2.25. The average Bonchev–Trinajstić information content (AvgIpc) is 2.91. The minimum Gasteiger partial charge on any atom is -0.390 e. The van der Waals surface area contributed by atoms with E-state index in [0.29, 0.717) is 30.6 Å². The predicted octanol–water partition coefficient (Wildman–Crippen LogP) is 2.10. The summed E-state index contributed by atoms with van der Waals surface area (Å²) in [6, 6.07) is 3.93. The zero-order valence-electron chi connectivity index (χ0n) is 15.3. The fraction of sp³-hybridized carbons (Fsp3) is 0.474. The summed E-state index contributed by atoms with van der Waals surface area (Å²) in [5.74, 6) is 0.157. The average molecular weight is 361 g/mol. The van der Waals surface area contributed by atoms with Gasteiger partial charge >= 0.3 is 0 Å². The monoisotopic (exact) mass is 361 g/mol. The molecule has 1 aromatic carbocycles. The maximum absolute atomic E-state index is 13.3. The fourth-order valence-electron chi connectivity index (χ4n) is 3.30. The summed E-state index contributed by atoms with van der Waals surface area (Å²) in [5.41, 5.74) is 2.72. The minimum absolute atomic E-state index is 0.295. The number of carbonyl (C=O) groups is 1. The molecule has 3 rings (SSSR count). The van der Waals surface area contributed by atoms with Crippen molar-refractivity contribution >= 4 is 5.91 Å². The number of aliphatic hydroxyl groups is 1. The van der Waals surface area contributed by atoms with Gasteiger partial charge in [-0.1, -0.05) is 5.16 Å². The summed E-state index contributed by atoms with van der Waals surface area (Å²) in [7, 11) is 0. The third kappa shape index (κ3) is 3.94. The maximum Gasteiger partial charge on any atom is 0.251 e. The second kappa shape index (κ2) is 7.55. The molecule has 1 fully saturated rings. The molecular formula is C19H24FN3O3. The Labute approximate surface area is 152 Å². The molecule has 0 spiro atoms. The van der Waals surface area contributed by atoms with E-state index in [4.69, 9.17) is 4.52 Å². The van der Waals surface area contributed by atoms with Gasteiger partial charge in [0.1, 0.15) is 11.6 Å². The van der Waals surface area contributed by atoms with Crippen LogP contribution in [-0.2, 0) is 6.54 Å². The van der Waals surface area contributed by atoms with Crippen LogP contribution < -0.4 is 5.32 Å². The van der Waals surface area contributed by atoms with Crippen molar-refractivity contribution in [1.82, 2.24) is 15.4 Å². The van der Waals surface area contributed by atoms with Crippen LogP contribution in [0.15, 0.2) is 22.7 Å². The molecule has 0 bridgehead atoms. The molecular weight excluding hydrogens is 337 g/mol. The van der Waals surface area contributed by atoms with Gasteiger partial charge in [-0.15, -0.1) is 0 Å². The summed E-state index contributed by atoms with van der Waals surface area (Å²) in [4.78, 5) is 14.5. The fourth-order valence-corrected chi connectivity index (χ4v) is 3.30. The smallest absolute Gasteiger partial charge is 0.251 e. The van der Waals surface area contributed by atoms with Crippen molar-refractivity contribution in [2.45, 2.75) is 45.9 Å². The number of benzene rings is 1. The van der Waals surface area contributed by atoms with Crippen molar-refractivity contribution in [3.8, 4) is 0 Å². The highest BCUT2D eigenvalue weighted by molar-refractivity contribution is 5.94. The van der Waals surface area contributed by atoms with Crippen molar-refractivity contribution in [3.05, 3.63) is 52.2 Å². The highest BCUT2D eigenvalue weighted by atomic mass is 19.1. The van der Waals surface area contributed by atoms with Gasteiger partial charge in [0, 0.05) is 30.8 Å². The molecule has 1 saturated heterocycles. The summed E-state index contributed by atoms with van der Waals surface area (Å²) in [6.07, 6.45) is -0.0362. The number of hydrogen-bond donors (Lipinski definition) is 2. The molecule has 0 unspecified atom stereocenters. The summed E-state index contributed by atoms with van der Waals surface area (Å²) >= 11 is 0. The van der Waals surface area contributed by atoms with E-state index in [1.165, 1.54) is 18.2 Å².